The van der Waals surface area contributed by atoms with E-state index in [0.717, 1.165) is 27.6 Å². The Morgan fingerprint density at radius 2 is 1.68 bits per heavy atom. The fourth-order valence-corrected chi connectivity index (χ4v) is 3.17. The van der Waals surface area contributed by atoms with Crippen molar-refractivity contribution in [1.82, 2.24) is 10.2 Å². The SMILES string of the molecule is NCc1cccc(NC(=O)Nc2cccc(-c3cccc4[nH]nc(N)c34)c2)c1. The second-order valence-corrected chi connectivity index (χ2v) is 6.40. The Morgan fingerprint density at radius 3 is 2.46 bits per heavy atom. The molecule has 7 heteroatoms. The molecule has 4 aromatic rings. The first-order valence-corrected chi connectivity index (χ1v) is 8.84. The maximum atomic E-state index is 12.4. The summed E-state index contributed by atoms with van der Waals surface area (Å²) in [5.41, 5.74) is 16.7. The van der Waals surface area contributed by atoms with Crippen molar-refractivity contribution in [2.24, 2.45) is 5.73 Å². The molecule has 28 heavy (non-hydrogen) atoms. The zero-order chi connectivity index (χ0) is 19.5. The number of fused-ring (bicyclic) bond motifs is 1. The predicted octanol–water partition coefficient (Wildman–Crippen LogP) is 3.91. The zero-order valence-electron chi connectivity index (χ0n) is 15.1. The van der Waals surface area contributed by atoms with Crippen LogP contribution in [0.5, 0.6) is 0 Å². The van der Waals surface area contributed by atoms with Crippen molar-refractivity contribution in [2.45, 2.75) is 6.54 Å². The minimum atomic E-state index is -0.327. The predicted molar refractivity (Wildman–Crippen MR) is 113 cm³/mol. The Kier molecular flexibility index (Phi) is 4.65. The van der Waals surface area contributed by atoms with E-state index in [-0.39, 0.29) is 6.03 Å². The number of nitrogens with two attached hydrogens (primary N) is 2. The molecule has 0 unspecified atom stereocenters. The van der Waals surface area contributed by atoms with Crippen LogP contribution in [0.3, 0.4) is 0 Å². The molecule has 7 nitrogen and oxygen atoms in total. The lowest BCUT2D eigenvalue weighted by Crippen LogP contribution is -2.19. The van der Waals surface area contributed by atoms with Crippen LogP contribution in [0.25, 0.3) is 22.0 Å². The molecule has 0 spiro atoms. The van der Waals surface area contributed by atoms with Crippen LogP contribution >= 0.6 is 0 Å². The number of carbonyl (C=O) groups excluding carboxylic acids is 1. The van der Waals surface area contributed by atoms with Gasteiger partial charge in [-0.1, -0.05) is 36.4 Å². The van der Waals surface area contributed by atoms with E-state index in [1.54, 1.807) is 0 Å². The number of aromatic amines is 1. The largest absolute Gasteiger partial charge is 0.382 e. The number of nitrogens with zero attached hydrogens (tertiary/aromatic N) is 1. The van der Waals surface area contributed by atoms with Gasteiger partial charge in [0.2, 0.25) is 0 Å². The van der Waals surface area contributed by atoms with Gasteiger partial charge in [0.25, 0.3) is 0 Å². The number of rotatable bonds is 4. The van der Waals surface area contributed by atoms with Crippen LogP contribution in [0.1, 0.15) is 5.56 Å². The van der Waals surface area contributed by atoms with Gasteiger partial charge in [-0.3, -0.25) is 5.10 Å². The van der Waals surface area contributed by atoms with Crippen molar-refractivity contribution in [3.05, 3.63) is 72.3 Å². The molecule has 0 aliphatic carbocycles. The van der Waals surface area contributed by atoms with Crippen LogP contribution in [0.2, 0.25) is 0 Å². The Hall–Kier alpha value is -3.84. The molecule has 2 amide bonds. The third-order valence-electron chi connectivity index (χ3n) is 4.47. The molecule has 0 aliphatic heterocycles. The zero-order valence-corrected chi connectivity index (χ0v) is 15.1. The third-order valence-corrected chi connectivity index (χ3v) is 4.47. The van der Waals surface area contributed by atoms with Crippen molar-refractivity contribution in [2.75, 3.05) is 16.4 Å². The van der Waals surface area contributed by atoms with E-state index in [2.05, 4.69) is 20.8 Å². The van der Waals surface area contributed by atoms with Gasteiger partial charge in [0.15, 0.2) is 5.82 Å². The standard InChI is InChI=1S/C21H20N6O/c22-12-13-4-1-6-15(10-13)24-21(28)25-16-7-2-5-14(11-16)17-8-3-9-18-19(17)20(23)27-26-18/h1-11H,12,22H2,(H3,23,26,27)(H2,24,25,28). The maximum Gasteiger partial charge on any atom is 0.323 e. The van der Waals surface area contributed by atoms with Gasteiger partial charge in [-0.15, -0.1) is 0 Å². The number of amides is 2. The second kappa shape index (κ2) is 7.42. The topological polar surface area (TPSA) is 122 Å². The fraction of sp³-hybridized carbons (Fsp3) is 0.0476. The first-order chi connectivity index (χ1) is 13.6. The van der Waals surface area contributed by atoms with E-state index in [9.17, 15) is 4.79 Å². The number of aromatic nitrogens is 2. The lowest BCUT2D eigenvalue weighted by molar-refractivity contribution is 0.262. The van der Waals surface area contributed by atoms with E-state index in [1.807, 2.05) is 66.7 Å². The molecule has 0 fully saturated rings. The quantitative estimate of drug-likeness (QED) is 0.373. The highest BCUT2D eigenvalue weighted by Gasteiger charge is 2.11. The molecule has 0 aliphatic rings. The highest BCUT2D eigenvalue weighted by Crippen LogP contribution is 2.32. The summed E-state index contributed by atoms with van der Waals surface area (Å²) >= 11 is 0. The molecular weight excluding hydrogens is 352 g/mol. The van der Waals surface area contributed by atoms with Crippen LogP contribution < -0.4 is 22.1 Å². The van der Waals surface area contributed by atoms with E-state index < -0.39 is 0 Å². The summed E-state index contributed by atoms with van der Waals surface area (Å²) in [5.74, 6) is 0.446. The molecule has 4 rings (SSSR count). The van der Waals surface area contributed by atoms with Crippen molar-refractivity contribution in [1.29, 1.82) is 0 Å². The highest BCUT2D eigenvalue weighted by atomic mass is 16.2. The smallest absolute Gasteiger partial charge is 0.323 e. The van der Waals surface area contributed by atoms with Crippen LogP contribution in [-0.2, 0) is 6.54 Å². The molecule has 1 aromatic heterocycles. The first kappa shape index (κ1) is 17.6. The number of nitrogen functional groups attached to an aromatic ring is 1. The number of urea groups is 1. The van der Waals surface area contributed by atoms with Gasteiger partial charge in [0.1, 0.15) is 0 Å². The number of hydrogen-bond acceptors (Lipinski definition) is 4. The minimum Gasteiger partial charge on any atom is -0.382 e. The number of carbonyl (C=O) groups is 1. The molecule has 0 bridgehead atoms. The molecule has 0 saturated heterocycles. The summed E-state index contributed by atoms with van der Waals surface area (Å²) in [7, 11) is 0. The number of anilines is 3. The Morgan fingerprint density at radius 1 is 0.964 bits per heavy atom. The summed E-state index contributed by atoms with van der Waals surface area (Å²) in [4.78, 5) is 12.4. The summed E-state index contributed by atoms with van der Waals surface area (Å²) < 4.78 is 0. The third kappa shape index (κ3) is 3.51. The first-order valence-electron chi connectivity index (χ1n) is 8.84. The number of hydrogen-bond donors (Lipinski definition) is 5. The molecule has 0 radical (unpaired) electrons. The Labute approximate surface area is 161 Å². The van der Waals surface area contributed by atoms with Gasteiger partial charge in [-0.2, -0.15) is 5.10 Å². The van der Waals surface area contributed by atoms with Gasteiger partial charge in [0, 0.05) is 17.9 Å². The molecule has 140 valence electrons. The summed E-state index contributed by atoms with van der Waals surface area (Å²) in [5, 5.41) is 13.5. The van der Waals surface area contributed by atoms with Crippen molar-refractivity contribution >= 4 is 34.1 Å². The van der Waals surface area contributed by atoms with Crippen LogP contribution in [0.4, 0.5) is 22.0 Å². The van der Waals surface area contributed by atoms with Gasteiger partial charge in [-0.25, -0.2) is 4.79 Å². The van der Waals surface area contributed by atoms with Crippen LogP contribution in [-0.4, -0.2) is 16.2 Å². The van der Waals surface area contributed by atoms with Crippen molar-refractivity contribution in [3.63, 3.8) is 0 Å². The molecule has 0 atom stereocenters. The molecule has 3 aromatic carbocycles. The van der Waals surface area contributed by atoms with E-state index >= 15 is 0 Å². The van der Waals surface area contributed by atoms with Crippen LogP contribution in [0.15, 0.2) is 66.7 Å². The Balaban J connectivity index is 1.57. The lowest BCUT2D eigenvalue weighted by atomic mass is 10.0. The summed E-state index contributed by atoms with van der Waals surface area (Å²) in [6.45, 7) is 0.419. The average Bonchev–Trinajstić information content (AvgIpc) is 3.09. The van der Waals surface area contributed by atoms with Crippen molar-refractivity contribution < 1.29 is 4.79 Å². The monoisotopic (exact) mass is 372 g/mol. The second-order valence-electron chi connectivity index (χ2n) is 6.40. The summed E-state index contributed by atoms with van der Waals surface area (Å²) in [6, 6.07) is 20.5. The molecule has 1 heterocycles. The van der Waals surface area contributed by atoms with E-state index in [1.165, 1.54) is 0 Å². The number of H-pyrrole nitrogens is 1. The highest BCUT2D eigenvalue weighted by molar-refractivity contribution is 6.03. The van der Waals surface area contributed by atoms with Crippen LogP contribution in [0, 0.1) is 0 Å². The molecule has 0 saturated carbocycles. The summed E-state index contributed by atoms with van der Waals surface area (Å²) in [6.07, 6.45) is 0. The molecular formula is C21H20N6O. The maximum absolute atomic E-state index is 12.4. The van der Waals surface area contributed by atoms with Gasteiger partial charge in [0.05, 0.1) is 10.9 Å². The van der Waals surface area contributed by atoms with Gasteiger partial charge >= 0.3 is 6.03 Å². The minimum absolute atomic E-state index is 0.327. The average molecular weight is 372 g/mol. The van der Waals surface area contributed by atoms with Gasteiger partial charge < -0.3 is 22.1 Å². The Bertz CT molecular complexity index is 1150. The molecule has 7 N–H and O–H groups in total. The van der Waals surface area contributed by atoms with Crippen molar-refractivity contribution in [3.8, 4) is 11.1 Å². The number of benzene rings is 3. The van der Waals surface area contributed by atoms with E-state index in [4.69, 9.17) is 11.5 Å². The number of nitrogens with one attached hydrogen (secondary N) is 3. The fourth-order valence-electron chi connectivity index (χ4n) is 3.17. The lowest BCUT2D eigenvalue weighted by Gasteiger charge is -2.10. The van der Waals surface area contributed by atoms with E-state index in [0.29, 0.717) is 23.7 Å². The van der Waals surface area contributed by atoms with Gasteiger partial charge in [-0.05, 0) is 47.0 Å². The normalized spacial score (nSPS) is 10.8.